The molecule has 2 amide bonds. The van der Waals surface area contributed by atoms with Crippen molar-refractivity contribution in [3.05, 3.63) is 54.1 Å². The van der Waals surface area contributed by atoms with Crippen LogP contribution in [0.5, 0.6) is 5.75 Å². The zero-order chi connectivity index (χ0) is 16.7. The number of nitrogens with two attached hydrogens (primary N) is 1. The maximum absolute atomic E-state index is 12.1. The Kier molecular flexibility index (Phi) is 5.57. The summed E-state index contributed by atoms with van der Waals surface area (Å²) in [6.45, 7) is 2.39. The Morgan fingerprint density at radius 2 is 1.70 bits per heavy atom. The first-order valence-corrected chi connectivity index (χ1v) is 7.26. The Morgan fingerprint density at radius 1 is 1.04 bits per heavy atom. The highest BCUT2D eigenvalue weighted by atomic mass is 16.5. The van der Waals surface area contributed by atoms with Gasteiger partial charge in [-0.05, 0) is 31.2 Å². The van der Waals surface area contributed by atoms with E-state index < -0.39 is 5.91 Å². The number of para-hydroxylation sites is 3. The van der Waals surface area contributed by atoms with Gasteiger partial charge in [-0.3, -0.25) is 9.59 Å². The number of amides is 2. The number of primary amides is 1. The molecule has 0 aliphatic rings. The Bertz CT molecular complexity index is 701. The number of hydrogen-bond donors (Lipinski definition) is 3. The molecular formula is C17H19N3O3. The maximum Gasteiger partial charge on any atom is 0.250 e. The summed E-state index contributed by atoms with van der Waals surface area (Å²) in [6, 6.07) is 14.0. The number of hydrogen-bond acceptors (Lipinski definition) is 4. The zero-order valence-electron chi connectivity index (χ0n) is 12.8. The van der Waals surface area contributed by atoms with Crippen molar-refractivity contribution in [2.24, 2.45) is 5.73 Å². The van der Waals surface area contributed by atoms with Gasteiger partial charge in [0.15, 0.2) is 0 Å². The minimum atomic E-state index is -0.546. The highest BCUT2D eigenvalue weighted by Crippen LogP contribution is 2.23. The quantitative estimate of drug-likeness (QED) is 0.730. The number of carbonyl (C=O) groups is 2. The first-order valence-electron chi connectivity index (χ1n) is 7.26. The minimum absolute atomic E-state index is 0.00471. The van der Waals surface area contributed by atoms with Gasteiger partial charge in [0.05, 0.1) is 24.4 Å². The third kappa shape index (κ3) is 4.47. The Balaban J connectivity index is 2.00. The molecule has 0 saturated heterocycles. The summed E-state index contributed by atoms with van der Waals surface area (Å²) in [6.07, 6.45) is 0. The normalized spacial score (nSPS) is 9.96. The summed E-state index contributed by atoms with van der Waals surface area (Å²) >= 11 is 0. The molecule has 0 atom stereocenters. The molecule has 2 aromatic rings. The molecule has 23 heavy (non-hydrogen) atoms. The predicted molar refractivity (Wildman–Crippen MR) is 89.7 cm³/mol. The molecule has 0 saturated carbocycles. The van der Waals surface area contributed by atoms with Crippen molar-refractivity contribution in [2.45, 2.75) is 6.92 Å². The van der Waals surface area contributed by atoms with Gasteiger partial charge in [0.1, 0.15) is 5.75 Å². The molecule has 0 spiro atoms. The second kappa shape index (κ2) is 7.84. The van der Waals surface area contributed by atoms with Gasteiger partial charge in [-0.25, -0.2) is 0 Å². The highest BCUT2D eigenvalue weighted by molar-refractivity contribution is 6.00. The van der Waals surface area contributed by atoms with Crippen molar-refractivity contribution in [1.29, 1.82) is 0 Å². The lowest BCUT2D eigenvalue weighted by Gasteiger charge is -2.13. The second-order valence-electron chi connectivity index (χ2n) is 4.74. The van der Waals surface area contributed by atoms with E-state index in [0.29, 0.717) is 29.3 Å². The molecule has 6 heteroatoms. The number of rotatable bonds is 7. The predicted octanol–water partition coefficient (Wildman–Crippen LogP) is 2.23. The number of carbonyl (C=O) groups excluding carboxylic acids is 2. The second-order valence-corrected chi connectivity index (χ2v) is 4.74. The molecule has 0 bridgehead atoms. The number of benzene rings is 2. The average molecular weight is 313 g/mol. The van der Waals surface area contributed by atoms with Crippen LogP contribution >= 0.6 is 0 Å². The smallest absolute Gasteiger partial charge is 0.250 e. The van der Waals surface area contributed by atoms with Crippen LogP contribution in [0.4, 0.5) is 11.4 Å². The molecule has 120 valence electrons. The van der Waals surface area contributed by atoms with Crippen molar-refractivity contribution >= 4 is 23.2 Å². The van der Waals surface area contributed by atoms with E-state index in [-0.39, 0.29) is 12.5 Å². The van der Waals surface area contributed by atoms with Gasteiger partial charge in [0.2, 0.25) is 5.91 Å². The fraction of sp³-hybridized carbons (Fsp3) is 0.176. The molecular weight excluding hydrogens is 294 g/mol. The zero-order valence-corrected chi connectivity index (χ0v) is 12.8. The molecule has 0 aliphatic carbocycles. The lowest BCUT2D eigenvalue weighted by molar-refractivity contribution is -0.114. The van der Waals surface area contributed by atoms with E-state index in [1.54, 1.807) is 36.4 Å². The first-order chi connectivity index (χ1) is 11.1. The van der Waals surface area contributed by atoms with Gasteiger partial charge in [-0.2, -0.15) is 0 Å². The van der Waals surface area contributed by atoms with E-state index in [1.165, 1.54) is 0 Å². The summed E-state index contributed by atoms with van der Waals surface area (Å²) < 4.78 is 5.45. The lowest BCUT2D eigenvalue weighted by Crippen LogP contribution is -2.23. The molecule has 0 unspecified atom stereocenters. The van der Waals surface area contributed by atoms with E-state index in [4.69, 9.17) is 10.5 Å². The summed E-state index contributed by atoms with van der Waals surface area (Å²) in [5.74, 6) is -0.187. The number of ether oxygens (including phenoxy) is 1. The molecule has 0 aromatic heterocycles. The van der Waals surface area contributed by atoms with Crippen LogP contribution in [0.2, 0.25) is 0 Å². The van der Waals surface area contributed by atoms with Gasteiger partial charge in [-0.15, -0.1) is 0 Å². The minimum Gasteiger partial charge on any atom is -0.492 e. The van der Waals surface area contributed by atoms with E-state index >= 15 is 0 Å². The number of anilines is 2. The molecule has 4 N–H and O–H groups in total. The molecule has 2 aromatic carbocycles. The van der Waals surface area contributed by atoms with Crippen molar-refractivity contribution in [1.82, 2.24) is 0 Å². The monoisotopic (exact) mass is 313 g/mol. The van der Waals surface area contributed by atoms with Gasteiger partial charge >= 0.3 is 0 Å². The van der Waals surface area contributed by atoms with Gasteiger partial charge in [-0.1, -0.05) is 24.3 Å². The first kappa shape index (κ1) is 16.4. The van der Waals surface area contributed by atoms with Crippen molar-refractivity contribution < 1.29 is 14.3 Å². The largest absolute Gasteiger partial charge is 0.492 e. The maximum atomic E-state index is 12.1. The molecule has 0 radical (unpaired) electrons. The van der Waals surface area contributed by atoms with Crippen LogP contribution in [0.3, 0.4) is 0 Å². The SMILES string of the molecule is CCOc1ccccc1NC(=O)CNc1ccccc1C(N)=O. The van der Waals surface area contributed by atoms with E-state index in [9.17, 15) is 9.59 Å². The van der Waals surface area contributed by atoms with E-state index in [1.807, 2.05) is 19.1 Å². The summed E-state index contributed by atoms with van der Waals surface area (Å²) in [5, 5.41) is 5.68. The van der Waals surface area contributed by atoms with E-state index in [0.717, 1.165) is 0 Å². The molecule has 2 rings (SSSR count). The summed E-state index contributed by atoms with van der Waals surface area (Å²) in [5.41, 5.74) is 6.77. The van der Waals surface area contributed by atoms with Crippen LogP contribution in [0, 0.1) is 0 Å². The fourth-order valence-electron chi connectivity index (χ4n) is 2.07. The molecule has 6 nitrogen and oxygen atoms in total. The average Bonchev–Trinajstić information content (AvgIpc) is 2.55. The summed E-state index contributed by atoms with van der Waals surface area (Å²) in [7, 11) is 0. The van der Waals surface area contributed by atoms with Crippen LogP contribution in [0.15, 0.2) is 48.5 Å². The van der Waals surface area contributed by atoms with Crippen LogP contribution in [-0.2, 0) is 4.79 Å². The molecule has 0 aliphatic heterocycles. The van der Waals surface area contributed by atoms with Crippen LogP contribution in [0.1, 0.15) is 17.3 Å². The number of nitrogens with one attached hydrogen (secondary N) is 2. The van der Waals surface area contributed by atoms with Gasteiger partial charge < -0.3 is 21.1 Å². The third-order valence-electron chi connectivity index (χ3n) is 3.09. The van der Waals surface area contributed by atoms with Crippen molar-refractivity contribution in [2.75, 3.05) is 23.8 Å². The van der Waals surface area contributed by atoms with Gasteiger partial charge in [0.25, 0.3) is 5.91 Å². The third-order valence-corrected chi connectivity index (χ3v) is 3.09. The topological polar surface area (TPSA) is 93.4 Å². The molecule has 0 fully saturated rings. The highest BCUT2D eigenvalue weighted by Gasteiger charge is 2.10. The Hall–Kier alpha value is -3.02. The van der Waals surface area contributed by atoms with Crippen LogP contribution in [-0.4, -0.2) is 25.0 Å². The van der Waals surface area contributed by atoms with Crippen LogP contribution < -0.4 is 21.1 Å². The standard InChI is InChI=1S/C17H19N3O3/c1-2-23-15-10-6-5-9-14(15)20-16(21)11-19-13-8-4-3-7-12(13)17(18)22/h3-10,19H,2,11H2,1H3,(H2,18,22)(H,20,21). The summed E-state index contributed by atoms with van der Waals surface area (Å²) in [4.78, 5) is 23.4. The van der Waals surface area contributed by atoms with Crippen LogP contribution in [0.25, 0.3) is 0 Å². The van der Waals surface area contributed by atoms with Crippen molar-refractivity contribution in [3.63, 3.8) is 0 Å². The van der Waals surface area contributed by atoms with E-state index in [2.05, 4.69) is 10.6 Å². The Morgan fingerprint density at radius 3 is 2.39 bits per heavy atom. The Labute approximate surface area is 134 Å². The van der Waals surface area contributed by atoms with Gasteiger partial charge in [0, 0.05) is 5.69 Å². The molecule has 0 heterocycles. The lowest BCUT2D eigenvalue weighted by atomic mass is 10.1. The fourth-order valence-corrected chi connectivity index (χ4v) is 2.07. The van der Waals surface area contributed by atoms with Crippen molar-refractivity contribution in [3.8, 4) is 5.75 Å².